The molecule has 3 aromatic carbocycles. The molecule has 0 aliphatic carbocycles. The first-order valence-corrected chi connectivity index (χ1v) is 9.20. The predicted molar refractivity (Wildman–Crippen MR) is 115 cm³/mol. The van der Waals surface area contributed by atoms with Gasteiger partial charge in [0.25, 0.3) is 5.69 Å². The minimum atomic E-state index is -0.523. The van der Waals surface area contributed by atoms with Crippen LogP contribution in [0.5, 0.6) is 0 Å². The van der Waals surface area contributed by atoms with Crippen molar-refractivity contribution in [2.75, 3.05) is 0 Å². The normalized spacial score (nSPS) is 14.7. The zero-order valence-corrected chi connectivity index (χ0v) is 15.8. The van der Waals surface area contributed by atoms with E-state index in [0.29, 0.717) is 5.56 Å². The molecule has 0 saturated carbocycles. The third-order valence-electron chi connectivity index (χ3n) is 4.51. The quantitative estimate of drug-likeness (QED) is 0.258. The highest BCUT2D eigenvalue weighted by molar-refractivity contribution is 6.11. The van der Waals surface area contributed by atoms with Crippen LogP contribution in [0.4, 0.5) is 5.69 Å². The van der Waals surface area contributed by atoms with Crippen LogP contribution >= 0.6 is 0 Å². The Morgan fingerprint density at radius 1 is 0.833 bits per heavy atom. The van der Waals surface area contributed by atoms with E-state index in [1.54, 1.807) is 30.4 Å². The number of nitro groups is 1. The average Bonchev–Trinajstić information content (AvgIpc) is 3.15. The van der Waals surface area contributed by atoms with Crippen molar-refractivity contribution in [2.45, 2.75) is 0 Å². The number of aliphatic imine (C=N–C) groups is 1. The lowest BCUT2D eigenvalue weighted by atomic mass is 10.0. The molecular formula is C24H16N2O4. The number of carbonyl (C=O) groups excluding carboxylic acids is 1. The number of cyclic esters (lactones) is 1. The summed E-state index contributed by atoms with van der Waals surface area (Å²) in [4.78, 5) is 26.6. The zero-order valence-electron chi connectivity index (χ0n) is 15.8. The standard InChI is InChI=1S/C24H16N2O4/c27-24-22(8-4-5-17-9-15-21(16-10-17)26(28)29)25-23(30-24)20-13-11-19(12-14-20)18-6-2-1-3-7-18/h1-16H/b5-4+,22-8-. The van der Waals surface area contributed by atoms with Crippen LogP contribution in [0.15, 0.2) is 102 Å². The lowest BCUT2D eigenvalue weighted by Gasteiger charge is -2.03. The number of non-ortho nitro benzene ring substituents is 1. The van der Waals surface area contributed by atoms with Gasteiger partial charge in [0.2, 0.25) is 5.90 Å². The van der Waals surface area contributed by atoms with E-state index in [2.05, 4.69) is 4.99 Å². The molecule has 3 aromatic rings. The number of ether oxygens (including phenoxy) is 1. The summed E-state index contributed by atoms with van der Waals surface area (Å²) < 4.78 is 5.28. The highest BCUT2D eigenvalue weighted by atomic mass is 16.6. The topological polar surface area (TPSA) is 81.8 Å². The van der Waals surface area contributed by atoms with Gasteiger partial charge in [0.05, 0.1) is 4.92 Å². The summed E-state index contributed by atoms with van der Waals surface area (Å²) in [5.41, 5.74) is 3.86. The van der Waals surface area contributed by atoms with Gasteiger partial charge in [0.1, 0.15) is 0 Å². The fourth-order valence-electron chi connectivity index (χ4n) is 2.94. The summed E-state index contributed by atoms with van der Waals surface area (Å²) in [5, 5.41) is 10.7. The SMILES string of the molecule is O=C1OC(c2ccc(-c3ccccc3)cc2)=N/C1=C\C=C\c1ccc([N+](=O)[O-])cc1. The molecule has 0 amide bonds. The number of nitrogens with zero attached hydrogens (tertiary/aromatic N) is 2. The van der Waals surface area contributed by atoms with Gasteiger partial charge in [-0.3, -0.25) is 10.1 Å². The third-order valence-corrected chi connectivity index (χ3v) is 4.51. The van der Waals surface area contributed by atoms with Crippen molar-refractivity contribution < 1.29 is 14.5 Å². The van der Waals surface area contributed by atoms with Gasteiger partial charge >= 0.3 is 5.97 Å². The Kier molecular flexibility index (Phi) is 5.30. The second kappa shape index (κ2) is 8.36. The Morgan fingerprint density at radius 3 is 2.13 bits per heavy atom. The number of benzene rings is 3. The van der Waals surface area contributed by atoms with E-state index in [4.69, 9.17) is 4.74 Å². The lowest BCUT2D eigenvalue weighted by Crippen LogP contribution is -2.05. The van der Waals surface area contributed by atoms with Crippen molar-refractivity contribution in [2.24, 2.45) is 4.99 Å². The average molecular weight is 396 g/mol. The molecule has 0 aromatic heterocycles. The summed E-state index contributed by atoms with van der Waals surface area (Å²) in [6.45, 7) is 0. The molecule has 0 radical (unpaired) electrons. The smallest absolute Gasteiger partial charge is 0.363 e. The largest absolute Gasteiger partial charge is 0.402 e. The number of allylic oxidation sites excluding steroid dienone is 2. The highest BCUT2D eigenvalue weighted by Crippen LogP contribution is 2.22. The fourth-order valence-corrected chi connectivity index (χ4v) is 2.94. The maximum Gasteiger partial charge on any atom is 0.363 e. The molecule has 1 heterocycles. The summed E-state index contributed by atoms with van der Waals surface area (Å²) in [6.07, 6.45) is 4.93. The molecule has 30 heavy (non-hydrogen) atoms. The Labute approximate surface area is 172 Å². The van der Waals surface area contributed by atoms with Gasteiger partial charge in [-0.2, -0.15) is 0 Å². The Morgan fingerprint density at radius 2 is 1.47 bits per heavy atom. The molecule has 0 atom stereocenters. The number of esters is 1. The fraction of sp³-hybridized carbons (Fsp3) is 0. The van der Waals surface area contributed by atoms with Gasteiger partial charge in [-0.25, -0.2) is 9.79 Å². The number of hydrogen-bond acceptors (Lipinski definition) is 5. The molecule has 0 N–H and O–H groups in total. The molecule has 1 aliphatic heterocycles. The summed E-state index contributed by atoms with van der Waals surface area (Å²) in [5.74, 6) is -0.264. The van der Waals surface area contributed by atoms with E-state index < -0.39 is 10.9 Å². The lowest BCUT2D eigenvalue weighted by molar-refractivity contribution is -0.384. The Bertz CT molecular complexity index is 1180. The van der Waals surface area contributed by atoms with E-state index in [9.17, 15) is 14.9 Å². The number of hydrogen-bond donors (Lipinski definition) is 0. The van der Waals surface area contributed by atoms with E-state index in [1.807, 2.05) is 54.6 Å². The van der Waals surface area contributed by atoms with Gasteiger partial charge in [-0.1, -0.05) is 54.6 Å². The molecular weight excluding hydrogens is 380 g/mol. The first-order chi connectivity index (χ1) is 14.6. The van der Waals surface area contributed by atoms with Crippen LogP contribution < -0.4 is 0 Å². The summed E-state index contributed by atoms with van der Waals surface area (Å²) in [7, 11) is 0. The van der Waals surface area contributed by atoms with Crippen molar-refractivity contribution in [3.8, 4) is 11.1 Å². The van der Waals surface area contributed by atoms with Crippen LogP contribution in [0.1, 0.15) is 11.1 Å². The van der Waals surface area contributed by atoms with E-state index in [0.717, 1.165) is 16.7 Å². The summed E-state index contributed by atoms with van der Waals surface area (Å²) >= 11 is 0. The van der Waals surface area contributed by atoms with Crippen LogP contribution in [0.3, 0.4) is 0 Å². The van der Waals surface area contributed by atoms with Crippen LogP contribution in [-0.2, 0) is 9.53 Å². The molecule has 0 unspecified atom stereocenters. The van der Waals surface area contributed by atoms with Gasteiger partial charge in [-0.05, 0) is 47.0 Å². The van der Waals surface area contributed by atoms with E-state index >= 15 is 0 Å². The third kappa shape index (κ3) is 4.23. The van der Waals surface area contributed by atoms with Gasteiger partial charge in [0.15, 0.2) is 5.70 Å². The van der Waals surface area contributed by atoms with Crippen LogP contribution in [0.25, 0.3) is 17.2 Å². The molecule has 4 rings (SSSR count). The number of nitro benzene ring substituents is 1. The molecule has 6 heteroatoms. The molecule has 0 fully saturated rings. The van der Waals surface area contributed by atoms with Crippen molar-refractivity contribution in [3.63, 3.8) is 0 Å². The predicted octanol–water partition coefficient (Wildman–Crippen LogP) is 5.16. The number of carbonyl (C=O) groups is 1. The minimum absolute atomic E-state index is 0.0254. The molecule has 0 saturated heterocycles. The van der Waals surface area contributed by atoms with Crippen molar-refractivity contribution in [1.82, 2.24) is 0 Å². The minimum Gasteiger partial charge on any atom is -0.402 e. The van der Waals surface area contributed by atoms with E-state index in [-0.39, 0.29) is 17.3 Å². The first kappa shape index (κ1) is 19.0. The van der Waals surface area contributed by atoms with Gasteiger partial charge in [0, 0.05) is 17.7 Å². The molecule has 0 spiro atoms. The maximum atomic E-state index is 12.1. The monoisotopic (exact) mass is 396 g/mol. The first-order valence-electron chi connectivity index (χ1n) is 9.20. The number of rotatable bonds is 5. The zero-order chi connectivity index (χ0) is 20.9. The van der Waals surface area contributed by atoms with Crippen molar-refractivity contribution in [3.05, 3.63) is 118 Å². The van der Waals surface area contributed by atoms with Crippen LogP contribution in [0, 0.1) is 10.1 Å². The maximum absolute atomic E-state index is 12.1. The molecule has 1 aliphatic rings. The van der Waals surface area contributed by atoms with Crippen LogP contribution in [-0.4, -0.2) is 16.8 Å². The summed E-state index contributed by atoms with van der Waals surface area (Å²) in [6, 6.07) is 23.7. The van der Waals surface area contributed by atoms with Crippen molar-refractivity contribution in [1.29, 1.82) is 0 Å². The molecule has 6 nitrogen and oxygen atoms in total. The Hall–Kier alpha value is -4.32. The van der Waals surface area contributed by atoms with Gasteiger partial charge in [-0.15, -0.1) is 0 Å². The Balaban J connectivity index is 1.49. The molecule has 0 bridgehead atoms. The molecule has 146 valence electrons. The van der Waals surface area contributed by atoms with Crippen LogP contribution in [0.2, 0.25) is 0 Å². The highest BCUT2D eigenvalue weighted by Gasteiger charge is 2.23. The van der Waals surface area contributed by atoms with Gasteiger partial charge < -0.3 is 4.74 Å². The van der Waals surface area contributed by atoms with Crippen molar-refractivity contribution >= 4 is 23.6 Å². The second-order valence-corrected chi connectivity index (χ2v) is 6.51. The van der Waals surface area contributed by atoms with E-state index in [1.165, 1.54) is 12.1 Å². The second-order valence-electron chi connectivity index (χ2n) is 6.51.